The van der Waals surface area contributed by atoms with Crippen LogP contribution in [0, 0.1) is 17.8 Å². The quantitative estimate of drug-likeness (QED) is 0.747. The van der Waals surface area contributed by atoms with Crippen LogP contribution in [0.3, 0.4) is 0 Å². The molecule has 0 aromatic heterocycles. The number of nitrogens with one attached hydrogen (secondary N) is 2. The van der Waals surface area contributed by atoms with Crippen LogP contribution in [0.2, 0.25) is 0 Å². The molecule has 1 rings (SSSR count). The molecule has 2 nitrogen and oxygen atoms in total. The normalized spacial score (nSPS) is 28.6. The Morgan fingerprint density at radius 3 is 2.35 bits per heavy atom. The highest BCUT2D eigenvalue weighted by Crippen LogP contribution is 2.28. The molecular formula is C18H38N2. The molecule has 1 fully saturated rings. The van der Waals surface area contributed by atoms with Gasteiger partial charge in [0.1, 0.15) is 0 Å². The molecule has 120 valence electrons. The third-order valence-electron chi connectivity index (χ3n) is 4.36. The van der Waals surface area contributed by atoms with Gasteiger partial charge in [0.2, 0.25) is 0 Å². The second kappa shape index (κ2) is 6.79. The number of rotatable bonds is 6. The first-order valence-corrected chi connectivity index (χ1v) is 8.54. The summed E-state index contributed by atoms with van der Waals surface area (Å²) in [6.45, 7) is 18.8. The Kier molecular flexibility index (Phi) is 6.10. The molecular weight excluding hydrogens is 244 g/mol. The van der Waals surface area contributed by atoms with E-state index < -0.39 is 0 Å². The zero-order valence-electron chi connectivity index (χ0n) is 15.1. The summed E-state index contributed by atoms with van der Waals surface area (Å²) in [5, 5.41) is 7.66. The van der Waals surface area contributed by atoms with Crippen molar-refractivity contribution in [2.45, 2.75) is 98.3 Å². The molecule has 1 aliphatic heterocycles. The van der Waals surface area contributed by atoms with Crippen LogP contribution >= 0.6 is 0 Å². The molecule has 0 saturated carbocycles. The first-order valence-electron chi connectivity index (χ1n) is 8.54. The third-order valence-corrected chi connectivity index (χ3v) is 4.36. The molecule has 1 saturated heterocycles. The van der Waals surface area contributed by atoms with E-state index in [4.69, 9.17) is 0 Å². The topological polar surface area (TPSA) is 24.1 Å². The van der Waals surface area contributed by atoms with Gasteiger partial charge in [-0.1, -0.05) is 27.7 Å². The van der Waals surface area contributed by atoms with Gasteiger partial charge >= 0.3 is 0 Å². The van der Waals surface area contributed by atoms with E-state index in [1.807, 2.05) is 0 Å². The van der Waals surface area contributed by atoms with Crippen molar-refractivity contribution in [3.63, 3.8) is 0 Å². The molecule has 3 atom stereocenters. The van der Waals surface area contributed by atoms with Gasteiger partial charge in [0.05, 0.1) is 6.17 Å². The summed E-state index contributed by atoms with van der Waals surface area (Å²) in [6, 6.07) is 0. The maximum absolute atomic E-state index is 3.87. The smallest absolute Gasteiger partial charge is 0.0582 e. The summed E-state index contributed by atoms with van der Waals surface area (Å²) < 4.78 is 0. The lowest BCUT2D eigenvalue weighted by atomic mass is 9.82. The van der Waals surface area contributed by atoms with Gasteiger partial charge < -0.3 is 0 Å². The Morgan fingerprint density at radius 1 is 1.25 bits per heavy atom. The Hall–Kier alpha value is -0.0800. The molecule has 0 aromatic carbocycles. The van der Waals surface area contributed by atoms with E-state index in [-0.39, 0.29) is 11.1 Å². The van der Waals surface area contributed by atoms with Crippen molar-refractivity contribution in [3.05, 3.63) is 0 Å². The number of piperidine rings is 1. The second-order valence-electron chi connectivity index (χ2n) is 9.09. The molecule has 1 aliphatic rings. The first-order chi connectivity index (χ1) is 8.99. The van der Waals surface area contributed by atoms with Crippen LogP contribution in [0.25, 0.3) is 0 Å². The predicted molar refractivity (Wildman–Crippen MR) is 89.9 cm³/mol. The Morgan fingerprint density at radius 2 is 1.85 bits per heavy atom. The average molecular weight is 283 g/mol. The average Bonchev–Trinajstić information content (AvgIpc) is 2.08. The summed E-state index contributed by atoms with van der Waals surface area (Å²) >= 11 is 0. The van der Waals surface area contributed by atoms with Crippen LogP contribution < -0.4 is 10.6 Å². The lowest BCUT2D eigenvalue weighted by Crippen LogP contribution is -2.61. The molecule has 1 heterocycles. The zero-order valence-corrected chi connectivity index (χ0v) is 15.1. The summed E-state index contributed by atoms with van der Waals surface area (Å²) in [7, 11) is 0. The Labute approximate surface area is 127 Å². The SMILES string of the molecule is CC(C)CC(C)CC(C)(C)NC1CC(C)CC(C)(C)N1. The van der Waals surface area contributed by atoms with E-state index in [1.165, 1.54) is 25.7 Å². The van der Waals surface area contributed by atoms with E-state index in [0.717, 1.165) is 17.8 Å². The van der Waals surface area contributed by atoms with E-state index in [1.54, 1.807) is 0 Å². The molecule has 0 amide bonds. The summed E-state index contributed by atoms with van der Waals surface area (Å²) in [5.41, 5.74) is 0.466. The van der Waals surface area contributed by atoms with E-state index in [9.17, 15) is 0 Å². The van der Waals surface area contributed by atoms with Gasteiger partial charge in [0.25, 0.3) is 0 Å². The minimum atomic E-state index is 0.207. The van der Waals surface area contributed by atoms with Gasteiger partial charge in [-0.05, 0) is 71.1 Å². The standard InChI is InChI=1S/C18H38N2/c1-13(2)9-14(3)11-17(5,6)19-16-10-15(4)12-18(7,8)20-16/h13-16,19-20H,9-12H2,1-8H3. The molecule has 2 heteroatoms. The van der Waals surface area contributed by atoms with Gasteiger partial charge in [-0.25, -0.2) is 0 Å². The van der Waals surface area contributed by atoms with E-state index in [2.05, 4.69) is 66.0 Å². The zero-order chi connectivity index (χ0) is 15.6. The number of hydrogen-bond acceptors (Lipinski definition) is 2. The van der Waals surface area contributed by atoms with E-state index >= 15 is 0 Å². The van der Waals surface area contributed by atoms with Crippen LogP contribution in [0.15, 0.2) is 0 Å². The van der Waals surface area contributed by atoms with Crippen molar-refractivity contribution in [3.8, 4) is 0 Å². The summed E-state index contributed by atoms with van der Waals surface area (Å²) in [5.74, 6) is 2.38. The highest BCUT2D eigenvalue weighted by atomic mass is 15.2. The molecule has 0 aromatic rings. The van der Waals surface area contributed by atoms with Crippen LogP contribution in [0.5, 0.6) is 0 Å². The number of hydrogen-bond donors (Lipinski definition) is 2. The van der Waals surface area contributed by atoms with Crippen LogP contribution in [0.4, 0.5) is 0 Å². The Balaban J connectivity index is 2.52. The van der Waals surface area contributed by atoms with Crippen molar-refractivity contribution < 1.29 is 0 Å². The summed E-state index contributed by atoms with van der Waals surface area (Å²) in [6.07, 6.45) is 5.54. The van der Waals surface area contributed by atoms with Gasteiger partial charge in [0, 0.05) is 11.1 Å². The summed E-state index contributed by atoms with van der Waals surface area (Å²) in [4.78, 5) is 0. The molecule has 0 aliphatic carbocycles. The third kappa shape index (κ3) is 6.58. The molecule has 0 radical (unpaired) electrons. The Bertz CT molecular complexity index is 294. The van der Waals surface area contributed by atoms with Gasteiger partial charge in [-0.15, -0.1) is 0 Å². The highest BCUT2D eigenvalue weighted by molar-refractivity contribution is 4.93. The van der Waals surface area contributed by atoms with Crippen molar-refractivity contribution in [1.82, 2.24) is 10.6 Å². The predicted octanol–water partition coefficient (Wildman–Crippen LogP) is 4.55. The second-order valence-corrected chi connectivity index (χ2v) is 9.09. The van der Waals surface area contributed by atoms with Crippen LogP contribution in [0.1, 0.15) is 81.1 Å². The largest absolute Gasteiger partial charge is 0.297 e. The van der Waals surface area contributed by atoms with Crippen molar-refractivity contribution in [1.29, 1.82) is 0 Å². The maximum Gasteiger partial charge on any atom is 0.0582 e. The lowest BCUT2D eigenvalue weighted by molar-refractivity contribution is 0.134. The molecule has 3 unspecified atom stereocenters. The van der Waals surface area contributed by atoms with Crippen LogP contribution in [-0.4, -0.2) is 17.2 Å². The first kappa shape index (κ1) is 18.0. The van der Waals surface area contributed by atoms with Gasteiger partial charge in [-0.3, -0.25) is 10.6 Å². The van der Waals surface area contributed by atoms with Crippen molar-refractivity contribution in [2.24, 2.45) is 17.8 Å². The van der Waals surface area contributed by atoms with Crippen LogP contribution in [-0.2, 0) is 0 Å². The fourth-order valence-electron chi connectivity index (χ4n) is 4.33. The van der Waals surface area contributed by atoms with E-state index in [0.29, 0.717) is 6.17 Å². The molecule has 20 heavy (non-hydrogen) atoms. The van der Waals surface area contributed by atoms with Crippen molar-refractivity contribution in [2.75, 3.05) is 0 Å². The lowest BCUT2D eigenvalue weighted by Gasteiger charge is -2.44. The fourth-order valence-corrected chi connectivity index (χ4v) is 4.33. The van der Waals surface area contributed by atoms with Crippen molar-refractivity contribution >= 4 is 0 Å². The van der Waals surface area contributed by atoms with Gasteiger partial charge in [-0.2, -0.15) is 0 Å². The molecule has 0 spiro atoms. The monoisotopic (exact) mass is 282 g/mol. The molecule has 0 bridgehead atoms. The minimum absolute atomic E-state index is 0.207. The highest BCUT2D eigenvalue weighted by Gasteiger charge is 2.34. The minimum Gasteiger partial charge on any atom is -0.297 e. The fraction of sp³-hybridized carbons (Fsp3) is 1.00. The van der Waals surface area contributed by atoms with Gasteiger partial charge in [0.15, 0.2) is 0 Å². The molecule has 2 N–H and O–H groups in total. The maximum atomic E-state index is 3.87.